The van der Waals surface area contributed by atoms with E-state index in [1.165, 1.54) is 11.3 Å². The standard InChI is InChI=1S/C14H19NO2/c1-3-16-11-15-13-8-6-5-7-12(13)9-10-14(15)17-4-2/h5-10,14H,3-4,11H2,1-2H3. The van der Waals surface area contributed by atoms with E-state index < -0.39 is 0 Å². The summed E-state index contributed by atoms with van der Waals surface area (Å²) in [7, 11) is 0. The fourth-order valence-corrected chi connectivity index (χ4v) is 1.97. The monoisotopic (exact) mass is 233 g/mol. The van der Waals surface area contributed by atoms with Crippen LogP contribution in [0.1, 0.15) is 19.4 Å². The molecule has 0 bridgehead atoms. The molecule has 0 amide bonds. The highest BCUT2D eigenvalue weighted by Gasteiger charge is 2.22. The molecule has 1 atom stereocenters. The Morgan fingerprint density at radius 1 is 1.18 bits per heavy atom. The van der Waals surface area contributed by atoms with Crippen LogP contribution in [0.4, 0.5) is 5.69 Å². The second-order valence-electron chi connectivity index (χ2n) is 3.86. The topological polar surface area (TPSA) is 21.7 Å². The minimum Gasteiger partial charge on any atom is -0.361 e. The van der Waals surface area contributed by atoms with Gasteiger partial charge in [0.2, 0.25) is 0 Å². The highest BCUT2D eigenvalue weighted by molar-refractivity contribution is 5.71. The number of hydrogen-bond donors (Lipinski definition) is 0. The van der Waals surface area contributed by atoms with E-state index in [1.807, 2.05) is 26.0 Å². The van der Waals surface area contributed by atoms with Crippen LogP contribution < -0.4 is 4.90 Å². The molecule has 3 heteroatoms. The molecule has 0 saturated heterocycles. The molecule has 92 valence electrons. The summed E-state index contributed by atoms with van der Waals surface area (Å²) >= 11 is 0. The van der Waals surface area contributed by atoms with Gasteiger partial charge >= 0.3 is 0 Å². The quantitative estimate of drug-likeness (QED) is 0.780. The number of hydrogen-bond acceptors (Lipinski definition) is 3. The molecule has 0 saturated carbocycles. The van der Waals surface area contributed by atoms with Gasteiger partial charge in [-0.25, -0.2) is 0 Å². The van der Waals surface area contributed by atoms with Gasteiger partial charge in [0.25, 0.3) is 0 Å². The molecule has 0 fully saturated rings. The van der Waals surface area contributed by atoms with E-state index in [0.717, 1.165) is 0 Å². The van der Waals surface area contributed by atoms with Crippen molar-refractivity contribution in [3.63, 3.8) is 0 Å². The molecule has 0 radical (unpaired) electrons. The second-order valence-corrected chi connectivity index (χ2v) is 3.86. The van der Waals surface area contributed by atoms with Crippen molar-refractivity contribution < 1.29 is 9.47 Å². The number of benzene rings is 1. The molecular formula is C14H19NO2. The Balaban J connectivity index is 2.23. The molecule has 1 heterocycles. The Morgan fingerprint density at radius 2 is 2.00 bits per heavy atom. The molecule has 2 rings (SSSR count). The first-order chi connectivity index (χ1) is 8.36. The molecule has 17 heavy (non-hydrogen) atoms. The van der Waals surface area contributed by atoms with E-state index in [2.05, 4.69) is 29.2 Å². The highest BCUT2D eigenvalue weighted by atomic mass is 16.5. The molecule has 1 aromatic carbocycles. The van der Waals surface area contributed by atoms with E-state index in [4.69, 9.17) is 9.47 Å². The van der Waals surface area contributed by atoms with Crippen LogP contribution >= 0.6 is 0 Å². The molecule has 1 aromatic rings. The molecule has 0 spiro atoms. The molecule has 1 unspecified atom stereocenters. The first kappa shape index (κ1) is 12.1. The van der Waals surface area contributed by atoms with Crippen molar-refractivity contribution in [3.8, 4) is 0 Å². The summed E-state index contributed by atoms with van der Waals surface area (Å²) in [5.41, 5.74) is 2.38. The third kappa shape index (κ3) is 2.68. The van der Waals surface area contributed by atoms with Gasteiger partial charge in [-0.15, -0.1) is 0 Å². The fourth-order valence-electron chi connectivity index (χ4n) is 1.97. The molecule has 0 aliphatic carbocycles. The Bertz CT molecular complexity index is 390. The van der Waals surface area contributed by atoms with Crippen molar-refractivity contribution in [2.75, 3.05) is 24.8 Å². The summed E-state index contributed by atoms with van der Waals surface area (Å²) in [5, 5.41) is 0. The summed E-state index contributed by atoms with van der Waals surface area (Å²) in [6, 6.07) is 8.29. The van der Waals surface area contributed by atoms with Gasteiger partial charge in [-0.1, -0.05) is 24.3 Å². The SMILES string of the molecule is CCOCN1c2ccccc2C=CC1OCC. The maximum Gasteiger partial charge on any atom is 0.151 e. The average molecular weight is 233 g/mol. The zero-order valence-corrected chi connectivity index (χ0v) is 10.4. The molecule has 1 aliphatic heterocycles. The number of fused-ring (bicyclic) bond motifs is 1. The van der Waals surface area contributed by atoms with Crippen LogP contribution in [-0.2, 0) is 9.47 Å². The average Bonchev–Trinajstić information content (AvgIpc) is 2.37. The van der Waals surface area contributed by atoms with E-state index in [0.29, 0.717) is 19.9 Å². The second kappa shape index (κ2) is 5.84. The van der Waals surface area contributed by atoms with Crippen LogP contribution in [0.5, 0.6) is 0 Å². The molecular weight excluding hydrogens is 214 g/mol. The van der Waals surface area contributed by atoms with Crippen molar-refractivity contribution in [3.05, 3.63) is 35.9 Å². The van der Waals surface area contributed by atoms with Crippen molar-refractivity contribution in [1.82, 2.24) is 0 Å². The lowest BCUT2D eigenvalue weighted by atomic mass is 10.1. The van der Waals surface area contributed by atoms with Gasteiger partial charge < -0.3 is 14.4 Å². The fraction of sp³-hybridized carbons (Fsp3) is 0.429. The van der Waals surface area contributed by atoms with Gasteiger partial charge in [0.05, 0.1) is 0 Å². The number of ether oxygens (including phenoxy) is 2. The molecule has 3 nitrogen and oxygen atoms in total. The van der Waals surface area contributed by atoms with Crippen LogP contribution in [0.25, 0.3) is 6.08 Å². The summed E-state index contributed by atoms with van der Waals surface area (Å²) in [5.74, 6) is 0. The van der Waals surface area contributed by atoms with Crippen molar-refractivity contribution in [1.29, 1.82) is 0 Å². The summed E-state index contributed by atoms with van der Waals surface area (Å²) in [6.45, 7) is 5.97. The predicted molar refractivity (Wildman–Crippen MR) is 69.9 cm³/mol. The van der Waals surface area contributed by atoms with E-state index in [1.54, 1.807) is 0 Å². The lowest BCUT2D eigenvalue weighted by molar-refractivity contribution is 0.0583. The van der Waals surface area contributed by atoms with Crippen molar-refractivity contribution in [2.24, 2.45) is 0 Å². The lowest BCUT2D eigenvalue weighted by Gasteiger charge is -2.34. The maximum absolute atomic E-state index is 5.71. The van der Waals surface area contributed by atoms with Crippen molar-refractivity contribution in [2.45, 2.75) is 20.1 Å². The Morgan fingerprint density at radius 3 is 2.76 bits per heavy atom. The summed E-state index contributed by atoms with van der Waals surface area (Å²) in [6.07, 6.45) is 4.16. The lowest BCUT2D eigenvalue weighted by Crippen LogP contribution is -2.39. The minimum atomic E-state index is -0.0264. The number of nitrogens with zero attached hydrogens (tertiary/aromatic N) is 1. The van der Waals surface area contributed by atoms with E-state index >= 15 is 0 Å². The van der Waals surface area contributed by atoms with Gasteiger partial charge in [-0.3, -0.25) is 0 Å². The van der Waals surface area contributed by atoms with Crippen LogP contribution in [0, 0.1) is 0 Å². The number of anilines is 1. The van der Waals surface area contributed by atoms with E-state index in [-0.39, 0.29) is 6.23 Å². The number of rotatable bonds is 5. The highest BCUT2D eigenvalue weighted by Crippen LogP contribution is 2.28. The summed E-state index contributed by atoms with van der Waals surface area (Å²) in [4.78, 5) is 2.14. The first-order valence-corrected chi connectivity index (χ1v) is 6.10. The zero-order valence-electron chi connectivity index (χ0n) is 10.4. The Hall–Kier alpha value is -1.32. The Labute approximate surface area is 103 Å². The van der Waals surface area contributed by atoms with E-state index in [9.17, 15) is 0 Å². The molecule has 0 aromatic heterocycles. The third-order valence-corrected chi connectivity index (χ3v) is 2.77. The number of para-hydroxylation sites is 1. The molecule has 1 aliphatic rings. The van der Waals surface area contributed by atoms with Crippen LogP contribution in [0.15, 0.2) is 30.3 Å². The Kier molecular flexibility index (Phi) is 4.18. The van der Waals surface area contributed by atoms with Gasteiger partial charge in [0.1, 0.15) is 6.73 Å². The van der Waals surface area contributed by atoms with Gasteiger partial charge in [0, 0.05) is 18.9 Å². The maximum atomic E-state index is 5.71. The third-order valence-electron chi connectivity index (χ3n) is 2.77. The van der Waals surface area contributed by atoms with Gasteiger partial charge in [-0.05, 0) is 31.6 Å². The largest absolute Gasteiger partial charge is 0.361 e. The first-order valence-electron chi connectivity index (χ1n) is 6.10. The summed E-state index contributed by atoms with van der Waals surface area (Å²) < 4.78 is 11.2. The van der Waals surface area contributed by atoms with Crippen LogP contribution in [0.3, 0.4) is 0 Å². The van der Waals surface area contributed by atoms with Gasteiger partial charge in [-0.2, -0.15) is 0 Å². The predicted octanol–water partition coefficient (Wildman–Crippen LogP) is 2.88. The normalized spacial score (nSPS) is 18.2. The van der Waals surface area contributed by atoms with Crippen LogP contribution in [-0.4, -0.2) is 26.2 Å². The van der Waals surface area contributed by atoms with Gasteiger partial charge in [0.15, 0.2) is 6.23 Å². The zero-order chi connectivity index (χ0) is 12.1. The smallest absolute Gasteiger partial charge is 0.151 e. The minimum absolute atomic E-state index is 0.0264. The van der Waals surface area contributed by atoms with Crippen LogP contribution in [0.2, 0.25) is 0 Å². The molecule has 0 N–H and O–H groups in total. The van der Waals surface area contributed by atoms with Crippen molar-refractivity contribution >= 4 is 11.8 Å².